The lowest BCUT2D eigenvalue weighted by Crippen LogP contribution is -2.82. The molecule has 0 saturated heterocycles. The van der Waals surface area contributed by atoms with Crippen molar-refractivity contribution < 1.29 is 18.3 Å². The zero-order valence-electron chi connectivity index (χ0n) is 21.3. The molecule has 206 valence electrons. The molecule has 7 rings (SSSR count). The van der Waals surface area contributed by atoms with Crippen molar-refractivity contribution in [3.63, 3.8) is 0 Å². The van der Waals surface area contributed by atoms with Gasteiger partial charge in [0.15, 0.2) is 23.0 Å². The number of imidazole rings is 1. The van der Waals surface area contributed by atoms with E-state index in [1.807, 2.05) is 19.1 Å². The standard InChI is InChI=1S/C27H26F2N6O2.2ClH/c1-3-15-10-16(4-5-17(15)25(36)34-27-12-26(30,13-27)14-27)33-23-24-32-11-19(35(24)9-8-31-23)18-6-7-20(37-2)22(29)21(18)28;;/h4-11H,3,12-14,30H2,1-2H3,(H,31,33)(H,34,36);2*1H. The van der Waals surface area contributed by atoms with Gasteiger partial charge < -0.3 is 21.1 Å². The molecule has 0 atom stereocenters. The third-order valence-electron chi connectivity index (χ3n) is 7.41. The van der Waals surface area contributed by atoms with E-state index in [9.17, 15) is 13.6 Å². The summed E-state index contributed by atoms with van der Waals surface area (Å²) in [5, 5.41) is 6.42. The van der Waals surface area contributed by atoms with Crippen LogP contribution in [0.4, 0.5) is 20.3 Å². The molecule has 4 N–H and O–H groups in total. The summed E-state index contributed by atoms with van der Waals surface area (Å²) in [4.78, 5) is 21.8. The number of hydrogen-bond donors (Lipinski definition) is 3. The van der Waals surface area contributed by atoms with Crippen molar-refractivity contribution in [1.29, 1.82) is 0 Å². The van der Waals surface area contributed by atoms with E-state index in [0.29, 0.717) is 29.1 Å². The highest BCUT2D eigenvalue weighted by Gasteiger charge is 2.66. The van der Waals surface area contributed by atoms with E-state index in [2.05, 4.69) is 20.6 Å². The van der Waals surface area contributed by atoms with Crippen molar-refractivity contribution in [2.24, 2.45) is 5.73 Å². The Kier molecular flexibility index (Phi) is 7.50. The van der Waals surface area contributed by atoms with E-state index in [1.165, 1.54) is 25.4 Å². The predicted octanol–water partition coefficient (Wildman–Crippen LogP) is 5.20. The summed E-state index contributed by atoms with van der Waals surface area (Å²) in [7, 11) is 1.28. The third-order valence-corrected chi connectivity index (χ3v) is 7.41. The summed E-state index contributed by atoms with van der Waals surface area (Å²) < 4.78 is 35.6. The Morgan fingerprint density at radius 1 is 1.13 bits per heavy atom. The van der Waals surface area contributed by atoms with Gasteiger partial charge in [-0.1, -0.05) is 6.92 Å². The summed E-state index contributed by atoms with van der Waals surface area (Å²) in [5.74, 6) is -1.90. The summed E-state index contributed by atoms with van der Waals surface area (Å²) in [6.07, 6.45) is 7.82. The molecule has 4 aromatic rings. The highest BCUT2D eigenvalue weighted by atomic mass is 35.5. The number of benzene rings is 2. The second-order valence-electron chi connectivity index (χ2n) is 10.0. The summed E-state index contributed by atoms with van der Waals surface area (Å²) >= 11 is 0. The van der Waals surface area contributed by atoms with Crippen molar-refractivity contribution in [3.05, 3.63) is 71.7 Å². The van der Waals surface area contributed by atoms with Gasteiger partial charge in [-0.3, -0.25) is 9.20 Å². The molecule has 8 nitrogen and oxygen atoms in total. The fourth-order valence-corrected chi connectivity index (χ4v) is 5.72. The third kappa shape index (κ3) is 4.66. The van der Waals surface area contributed by atoms with E-state index in [1.54, 1.807) is 22.9 Å². The molecule has 3 saturated carbocycles. The Bertz CT molecular complexity index is 1560. The second-order valence-corrected chi connectivity index (χ2v) is 10.0. The minimum Gasteiger partial charge on any atom is -0.494 e. The number of ether oxygens (including phenoxy) is 1. The highest BCUT2D eigenvalue weighted by molar-refractivity contribution is 5.97. The maximum atomic E-state index is 14.8. The SMILES string of the molecule is CCc1cc(Nc2nccn3c(-c4ccc(OC)c(F)c4F)cnc23)ccc1C(=O)NC12CC(N)(C1)C2.Cl.Cl. The van der Waals surface area contributed by atoms with Crippen molar-refractivity contribution in [3.8, 4) is 17.0 Å². The van der Waals surface area contributed by atoms with Gasteiger partial charge in [0.25, 0.3) is 5.91 Å². The quantitative estimate of drug-likeness (QED) is 0.279. The number of nitrogens with two attached hydrogens (primary N) is 1. The van der Waals surface area contributed by atoms with Crippen LogP contribution in [0.5, 0.6) is 5.75 Å². The summed E-state index contributed by atoms with van der Waals surface area (Å²) in [6.45, 7) is 1.99. The minimum absolute atomic E-state index is 0. The van der Waals surface area contributed by atoms with E-state index in [4.69, 9.17) is 10.5 Å². The molecule has 3 fully saturated rings. The molecule has 2 heterocycles. The van der Waals surface area contributed by atoms with Gasteiger partial charge in [0.1, 0.15) is 0 Å². The molecule has 1 amide bonds. The molecule has 0 spiro atoms. The van der Waals surface area contributed by atoms with Crippen molar-refractivity contribution in [1.82, 2.24) is 19.7 Å². The van der Waals surface area contributed by atoms with Crippen LogP contribution in [0.2, 0.25) is 0 Å². The molecule has 39 heavy (non-hydrogen) atoms. The van der Waals surface area contributed by atoms with Crippen LogP contribution in [0.25, 0.3) is 16.9 Å². The van der Waals surface area contributed by atoms with Crippen LogP contribution in [0.15, 0.2) is 48.9 Å². The first-order chi connectivity index (χ1) is 17.7. The van der Waals surface area contributed by atoms with Gasteiger partial charge in [-0.15, -0.1) is 24.8 Å². The smallest absolute Gasteiger partial charge is 0.251 e. The number of fused-ring (bicyclic) bond motifs is 1. The highest BCUT2D eigenvalue weighted by Crippen LogP contribution is 2.58. The fourth-order valence-electron chi connectivity index (χ4n) is 5.72. The normalized spacial score (nSPS) is 20.6. The Hall–Kier alpha value is -3.47. The number of halogens is 4. The number of rotatable bonds is 7. The molecule has 2 bridgehead atoms. The van der Waals surface area contributed by atoms with Crippen molar-refractivity contribution >= 4 is 47.9 Å². The molecule has 12 heteroatoms. The molecule has 0 aliphatic heterocycles. The number of nitrogens with zero attached hydrogens (tertiary/aromatic N) is 3. The number of amides is 1. The number of hydrogen-bond acceptors (Lipinski definition) is 6. The summed E-state index contributed by atoms with van der Waals surface area (Å²) in [6, 6.07) is 8.35. The van der Waals surface area contributed by atoms with Crippen molar-refractivity contribution in [2.45, 2.75) is 43.7 Å². The number of anilines is 2. The average Bonchev–Trinajstić information content (AvgIpc) is 3.29. The Morgan fingerprint density at radius 2 is 1.87 bits per heavy atom. The first kappa shape index (κ1) is 28.5. The van der Waals surface area contributed by atoms with Crippen LogP contribution in [0, 0.1) is 11.6 Å². The van der Waals surface area contributed by atoms with E-state index < -0.39 is 11.6 Å². The molecular formula is C27H28Cl2F2N6O2. The molecule has 2 aromatic carbocycles. The van der Waals surface area contributed by atoms with E-state index in [0.717, 1.165) is 30.5 Å². The lowest BCUT2D eigenvalue weighted by Gasteiger charge is -2.68. The molecule has 3 aliphatic carbocycles. The molecule has 3 aliphatic rings. The van der Waals surface area contributed by atoms with Crippen LogP contribution in [0.3, 0.4) is 0 Å². The van der Waals surface area contributed by atoms with Crippen LogP contribution >= 0.6 is 24.8 Å². The maximum absolute atomic E-state index is 14.8. The number of aromatic nitrogens is 3. The van der Waals surface area contributed by atoms with Gasteiger partial charge in [0.2, 0.25) is 5.82 Å². The van der Waals surface area contributed by atoms with Crippen LogP contribution < -0.4 is 21.1 Å². The van der Waals surface area contributed by atoms with Crippen LogP contribution in [-0.2, 0) is 6.42 Å². The van der Waals surface area contributed by atoms with Gasteiger partial charge >= 0.3 is 0 Å². The number of carbonyl (C=O) groups is 1. The second kappa shape index (κ2) is 10.3. The first-order valence-electron chi connectivity index (χ1n) is 12.1. The van der Waals surface area contributed by atoms with E-state index >= 15 is 0 Å². The zero-order valence-corrected chi connectivity index (χ0v) is 22.9. The lowest BCUT2D eigenvalue weighted by molar-refractivity contribution is -0.0712. The zero-order chi connectivity index (χ0) is 25.9. The van der Waals surface area contributed by atoms with Gasteiger partial charge in [0, 0.05) is 40.3 Å². The predicted molar refractivity (Wildman–Crippen MR) is 149 cm³/mol. The van der Waals surface area contributed by atoms with Gasteiger partial charge in [-0.05, 0) is 61.6 Å². The van der Waals surface area contributed by atoms with Crippen molar-refractivity contribution in [2.75, 3.05) is 12.4 Å². The number of nitrogens with one attached hydrogen (secondary N) is 2. The van der Waals surface area contributed by atoms with Gasteiger partial charge in [-0.2, -0.15) is 4.39 Å². The van der Waals surface area contributed by atoms with Crippen LogP contribution in [-0.4, -0.2) is 38.5 Å². The Balaban J connectivity index is 0.00000176. The van der Waals surface area contributed by atoms with Crippen LogP contribution in [0.1, 0.15) is 42.1 Å². The fraction of sp³-hybridized carbons (Fsp3) is 0.296. The summed E-state index contributed by atoms with van der Waals surface area (Å²) in [5.41, 5.74) is 9.01. The molecule has 0 unspecified atom stereocenters. The maximum Gasteiger partial charge on any atom is 0.251 e. The monoisotopic (exact) mass is 576 g/mol. The number of carbonyl (C=O) groups excluding carboxylic acids is 1. The van der Waals surface area contributed by atoms with Gasteiger partial charge in [-0.25, -0.2) is 14.4 Å². The van der Waals surface area contributed by atoms with E-state index in [-0.39, 0.29) is 53.1 Å². The number of methoxy groups -OCH3 is 1. The lowest BCUT2D eigenvalue weighted by atomic mass is 9.44. The molecule has 0 radical (unpaired) electrons. The molecule has 2 aromatic heterocycles. The number of aryl methyl sites for hydroxylation is 1. The largest absolute Gasteiger partial charge is 0.494 e. The minimum atomic E-state index is -1.06. The topological polar surface area (TPSA) is 107 Å². The molecular weight excluding hydrogens is 549 g/mol. The van der Waals surface area contributed by atoms with Gasteiger partial charge in [0.05, 0.1) is 19.0 Å². The average molecular weight is 577 g/mol. The Morgan fingerprint density at radius 3 is 2.54 bits per heavy atom. The first-order valence-corrected chi connectivity index (χ1v) is 12.1. The Labute approximate surface area is 236 Å².